The van der Waals surface area contributed by atoms with Gasteiger partial charge in [-0.05, 0) is 18.1 Å². The van der Waals surface area contributed by atoms with E-state index in [-0.39, 0.29) is 30.5 Å². The number of benzene rings is 1. The van der Waals surface area contributed by atoms with E-state index in [1.54, 1.807) is 0 Å². The molecule has 0 saturated carbocycles. The van der Waals surface area contributed by atoms with E-state index in [0.29, 0.717) is 0 Å². The van der Waals surface area contributed by atoms with Crippen molar-refractivity contribution in [2.24, 2.45) is 11.8 Å². The van der Waals surface area contributed by atoms with Gasteiger partial charge in [0.05, 0.1) is 5.92 Å². The van der Waals surface area contributed by atoms with Crippen molar-refractivity contribution < 1.29 is 23.5 Å². The van der Waals surface area contributed by atoms with Crippen molar-refractivity contribution in [1.82, 2.24) is 0 Å². The zero-order valence-electron chi connectivity index (χ0n) is 12.3. The molecule has 1 N–H and O–H groups in total. The average molecular weight is 299 g/mol. The summed E-state index contributed by atoms with van der Waals surface area (Å²) in [4.78, 5) is 24.4. The molecule has 6 heteroatoms. The summed E-state index contributed by atoms with van der Waals surface area (Å²) in [5, 5.41) is 8.97. The molecule has 0 heterocycles. The summed E-state index contributed by atoms with van der Waals surface area (Å²) in [5.74, 6) is -4.19. The van der Waals surface area contributed by atoms with E-state index in [1.165, 1.54) is 17.9 Å². The number of hydrogen-bond donors (Lipinski definition) is 1. The lowest BCUT2D eigenvalue weighted by atomic mass is 10.1. The highest BCUT2D eigenvalue weighted by Crippen LogP contribution is 2.21. The Labute approximate surface area is 122 Å². The van der Waals surface area contributed by atoms with E-state index in [1.807, 2.05) is 13.8 Å². The highest BCUT2D eigenvalue weighted by atomic mass is 19.2. The van der Waals surface area contributed by atoms with Crippen molar-refractivity contribution in [1.29, 1.82) is 0 Å². The van der Waals surface area contributed by atoms with E-state index >= 15 is 0 Å². The number of amides is 1. The summed E-state index contributed by atoms with van der Waals surface area (Å²) in [7, 11) is 0. The Kier molecular flexibility index (Phi) is 5.81. The smallest absolute Gasteiger partial charge is 0.308 e. The highest BCUT2D eigenvalue weighted by molar-refractivity contribution is 5.94. The summed E-state index contributed by atoms with van der Waals surface area (Å²) in [6, 6.07) is 3.10. The maximum absolute atomic E-state index is 13.3. The lowest BCUT2D eigenvalue weighted by Crippen LogP contribution is -2.37. The van der Waals surface area contributed by atoms with Crippen LogP contribution in [0, 0.1) is 23.5 Å². The van der Waals surface area contributed by atoms with Gasteiger partial charge in [0.2, 0.25) is 5.91 Å². The van der Waals surface area contributed by atoms with Gasteiger partial charge in [0.1, 0.15) is 0 Å². The van der Waals surface area contributed by atoms with Crippen molar-refractivity contribution in [3.63, 3.8) is 0 Å². The summed E-state index contributed by atoms with van der Waals surface area (Å²) < 4.78 is 26.3. The topological polar surface area (TPSA) is 57.6 Å². The second-order valence-corrected chi connectivity index (χ2v) is 5.44. The van der Waals surface area contributed by atoms with E-state index in [0.717, 1.165) is 12.1 Å². The van der Waals surface area contributed by atoms with Crippen LogP contribution in [0.25, 0.3) is 0 Å². The number of carboxylic acid groups (broad SMARTS) is 1. The number of nitrogens with zero attached hydrogens (tertiary/aromatic N) is 1. The molecule has 0 bridgehead atoms. The fourth-order valence-corrected chi connectivity index (χ4v) is 1.82. The van der Waals surface area contributed by atoms with E-state index in [9.17, 15) is 18.4 Å². The Morgan fingerprint density at radius 2 is 1.81 bits per heavy atom. The van der Waals surface area contributed by atoms with Gasteiger partial charge < -0.3 is 10.0 Å². The third-order valence-electron chi connectivity index (χ3n) is 2.98. The molecular weight excluding hydrogens is 280 g/mol. The number of halogens is 2. The van der Waals surface area contributed by atoms with Gasteiger partial charge >= 0.3 is 5.97 Å². The highest BCUT2D eigenvalue weighted by Gasteiger charge is 2.23. The quantitative estimate of drug-likeness (QED) is 0.878. The third-order valence-corrected chi connectivity index (χ3v) is 2.98. The molecule has 0 aromatic heterocycles. The number of carboxylic acids is 1. The van der Waals surface area contributed by atoms with Crippen LogP contribution < -0.4 is 4.90 Å². The fraction of sp³-hybridized carbons (Fsp3) is 0.467. The molecule has 0 saturated heterocycles. The lowest BCUT2D eigenvalue weighted by molar-refractivity contribution is -0.140. The third kappa shape index (κ3) is 4.81. The summed E-state index contributed by atoms with van der Waals surface area (Å²) in [5.41, 5.74) is 0.160. The number of anilines is 1. The molecule has 4 nitrogen and oxygen atoms in total. The van der Waals surface area contributed by atoms with Crippen LogP contribution in [0.15, 0.2) is 18.2 Å². The van der Waals surface area contributed by atoms with E-state index in [2.05, 4.69) is 0 Å². The molecule has 0 fully saturated rings. The van der Waals surface area contributed by atoms with Gasteiger partial charge in [0.25, 0.3) is 0 Å². The first-order chi connectivity index (χ1) is 9.72. The van der Waals surface area contributed by atoms with Crippen LogP contribution in [0.2, 0.25) is 0 Å². The van der Waals surface area contributed by atoms with Crippen molar-refractivity contribution in [2.45, 2.75) is 27.2 Å². The Morgan fingerprint density at radius 3 is 2.29 bits per heavy atom. The van der Waals surface area contributed by atoms with Crippen molar-refractivity contribution in [2.75, 3.05) is 11.4 Å². The van der Waals surface area contributed by atoms with Crippen molar-refractivity contribution in [3.8, 4) is 0 Å². The largest absolute Gasteiger partial charge is 0.481 e. The monoisotopic (exact) mass is 299 g/mol. The lowest BCUT2D eigenvalue weighted by Gasteiger charge is -2.25. The number of hydrogen-bond acceptors (Lipinski definition) is 2. The van der Waals surface area contributed by atoms with Gasteiger partial charge in [-0.2, -0.15) is 0 Å². The molecule has 0 aliphatic carbocycles. The molecule has 1 rings (SSSR count). The second kappa shape index (κ2) is 7.15. The van der Waals surface area contributed by atoms with E-state index < -0.39 is 23.5 Å². The molecule has 116 valence electrons. The Hall–Kier alpha value is -1.98. The van der Waals surface area contributed by atoms with Crippen LogP contribution in [0.4, 0.5) is 14.5 Å². The number of aliphatic carboxylic acids is 1. The van der Waals surface area contributed by atoms with Crippen LogP contribution >= 0.6 is 0 Å². The molecular formula is C15H19F2NO3. The van der Waals surface area contributed by atoms with Gasteiger partial charge in [-0.25, -0.2) is 8.78 Å². The van der Waals surface area contributed by atoms with Crippen LogP contribution in [-0.4, -0.2) is 23.5 Å². The first-order valence-corrected chi connectivity index (χ1v) is 6.70. The fourth-order valence-electron chi connectivity index (χ4n) is 1.82. The van der Waals surface area contributed by atoms with Crippen molar-refractivity contribution in [3.05, 3.63) is 29.8 Å². The molecule has 1 amide bonds. The summed E-state index contributed by atoms with van der Waals surface area (Å²) in [6.07, 6.45) is 0.200. The zero-order valence-corrected chi connectivity index (χ0v) is 12.3. The molecule has 0 spiro atoms. The van der Waals surface area contributed by atoms with Crippen molar-refractivity contribution >= 4 is 17.6 Å². The SMILES string of the molecule is CC(C)CC(=O)N(CC(C)C(=O)O)c1ccc(F)c(F)c1. The van der Waals surface area contributed by atoms with Crippen LogP contribution in [0.5, 0.6) is 0 Å². The molecule has 0 aliphatic rings. The average Bonchev–Trinajstić information content (AvgIpc) is 2.38. The predicted molar refractivity (Wildman–Crippen MR) is 75.0 cm³/mol. The predicted octanol–water partition coefficient (Wildman–Crippen LogP) is 3.06. The van der Waals surface area contributed by atoms with Gasteiger partial charge in [0, 0.05) is 24.7 Å². The van der Waals surface area contributed by atoms with Crippen LogP contribution in [-0.2, 0) is 9.59 Å². The van der Waals surface area contributed by atoms with Gasteiger partial charge in [-0.3, -0.25) is 9.59 Å². The molecule has 21 heavy (non-hydrogen) atoms. The van der Waals surface area contributed by atoms with Gasteiger partial charge in [-0.1, -0.05) is 20.8 Å². The molecule has 0 aliphatic heterocycles. The number of carbonyl (C=O) groups is 2. The first kappa shape index (κ1) is 17.1. The Morgan fingerprint density at radius 1 is 1.19 bits per heavy atom. The van der Waals surface area contributed by atoms with Gasteiger partial charge in [-0.15, -0.1) is 0 Å². The molecule has 0 radical (unpaired) electrons. The standard InChI is InChI=1S/C15H19F2NO3/c1-9(2)6-14(19)18(8-10(3)15(20)21)11-4-5-12(16)13(17)7-11/h4-5,7,9-10H,6,8H2,1-3H3,(H,20,21). The zero-order chi connectivity index (χ0) is 16.2. The van der Waals surface area contributed by atoms with E-state index in [4.69, 9.17) is 5.11 Å². The Balaban J connectivity index is 3.07. The van der Waals surface area contributed by atoms with Gasteiger partial charge in [0.15, 0.2) is 11.6 Å². The maximum Gasteiger partial charge on any atom is 0.308 e. The molecule has 1 atom stereocenters. The number of carbonyl (C=O) groups excluding carboxylic acids is 1. The van der Waals surface area contributed by atoms with Crippen LogP contribution in [0.1, 0.15) is 27.2 Å². The second-order valence-electron chi connectivity index (χ2n) is 5.44. The summed E-state index contributed by atoms with van der Waals surface area (Å²) in [6.45, 7) is 5.06. The minimum absolute atomic E-state index is 0.0745. The van der Waals surface area contributed by atoms with Crippen LogP contribution in [0.3, 0.4) is 0 Å². The Bertz CT molecular complexity index is 532. The summed E-state index contributed by atoms with van der Waals surface area (Å²) >= 11 is 0. The minimum Gasteiger partial charge on any atom is -0.481 e. The maximum atomic E-state index is 13.3. The molecule has 1 aromatic rings. The normalized spacial score (nSPS) is 12.3. The minimum atomic E-state index is -1.07. The number of rotatable bonds is 6. The molecule has 1 aromatic carbocycles. The molecule has 1 unspecified atom stereocenters. The first-order valence-electron chi connectivity index (χ1n) is 6.70.